The van der Waals surface area contributed by atoms with Crippen LogP contribution in [0.5, 0.6) is 0 Å². The van der Waals surface area contributed by atoms with E-state index in [9.17, 15) is 30.3 Å². The van der Waals surface area contributed by atoms with E-state index in [2.05, 4.69) is 129 Å². The van der Waals surface area contributed by atoms with E-state index in [0.29, 0.717) is 6.42 Å². The Hall–Kier alpha value is -3.41. The minimum Gasteiger partial charge on any atom is -0.394 e. The molecule has 0 aromatic rings. The van der Waals surface area contributed by atoms with Gasteiger partial charge in [-0.15, -0.1) is 0 Å². The number of hydrogen-bond donors (Lipinski definition) is 6. The van der Waals surface area contributed by atoms with Crippen molar-refractivity contribution in [3.63, 3.8) is 0 Å². The first kappa shape index (κ1) is 80.6. The third-order valence-electron chi connectivity index (χ3n) is 16.3. The first-order chi connectivity index (χ1) is 42.3. The molecule has 0 spiro atoms. The van der Waals surface area contributed by atoms with Crippen molar-refractivity contribution in [1.29, 1.82) is 0 Å². The van der Waals surface area contributed by atoms with E-state index in [-0.39, 0.29) is 12.5 Å². The van der Waals surface area contributed by atoms with Crippen LogP contribution in [0.1, 0.15) is 303 Å². The number of allylic oxidation sites excluding steroid dienone is 19. The smallest absolute Gasteiger partial charge is 0.220 e. The molecule has 1 heterocycles. The number of hydrogen-bond acceptors (Lipinski definition) is 8. The molecule has 6 N–H and O–H groups in total. The summed E-state index contributed by atoms with van der Waals surface area (Å²) in [7, 11) is 0. The van der Waals surface area contributed by atoms with Crippen LogP contribution in [0.2, 0.25) is 0 Å². The molecular formula is C77H133NO8. The minimum atomic E-state index is -1.57. The van der Waals surface area contributed by atoms with Gasteiger partial charge in [-0.3, -0.25) is 4.79 Å². The van der Waals surface area contributed by atoms with Gasteiger partial charge in [0, 0.05) is 6.42 Å². The van der Waals surface area contributed by atoms with Crippen LogP contribution < -0.4 is 5.32 Å². The largest absolute Gasteiger partial charge is 0.394 e. The standard InChI is InChI=1S/C77H133NO8/c1-3-5-7-9-11-13-15-17-19-21-23-25-27-28-29-30-31-32-33-34-35-36-37-38-39-40-41-42-43-44-45-47-49-51-53-55-57-59-61-63-65-67-73(81)78-70(69-85-77-76(84)75(83)74(82)72(68-79)86-77)71(80)66-64-62-60-58-56-54-52-50-48-46-26-24-22-20-18-16-14-12-10-8-6-4-2/h5,7,11,13,17,19,23,25,28-29,31-32,34-35,37-38,40-41,64,66,70-72,74-77,79-80,82-84H,3-4,6,8-10,12,14-16,18,20-22,24,26-27,30,33,36,39,42-63,65,67-69H2,1-2H3,(H,78,81)/b7-5-,13-11-,19-17-,25-23-,29-28-,32-31-,35-34-,38-37-,41-40-,66-64+. The molecule has 9 heteroatoms. The SMILES string of the molecule is CC/C=C\C/C=C\C/C=C\C/C=C\C/C=C\C/C=C\C/C=C\C/C=C\C/C=C\CCCCCCCCCCCCCCCC(=O)NC(COC1OC(CO)C(O)C(O)C1O)C(O)/C=C/CCCCCCCCCCCCCCCCCCCCCC. The molecule has 0 aromatic carbocycles. The zero-order chi connectivity index (χ0) is 62.1. The monoisotopic (exact) mass is 1200 g/mol. The number of carbonyl (C=O) groups excluding carboxylic acids is 1. The number of amides is 1. The third-order valence-corrected chi connectivity index (χ3v) is 16.3. The summed E-state index contributed by atoms with van der Waals surface area (Å²) < 4.78 is 11.3. The quantitative estimate of drug-likeness (QED) is 0.0261. The first-order valence-corrected chi connectivity index (χ1v) is 35.8. The van der Waals surface area contributed by atoms with Crippen LogP contribution in [0.3, 0.4) is 0 Å². The Labute approximate surface area is 528 Å². The number of rotatable bonds is 61. The predicted octanol–water partition coefficient (Wildman–Crippen LogP) is 19.8. The van der Waals surface area contributed by atoms with E-state index in [0.717, 1.165) is 96.3 Å². The molecule has 494 valence electrons. The van der Waals surface area contributed by atoms with Gasteiger partial charge < -0.3 is 40.3 Å². The van der Waals surface area contributed by atoms with Crippen molar-refractivity contribution < 1.29 is 39.8 Å². The predicted molar refractivity (Wildman–Crippen MR) is 368 cm³/mol. The molecule has 0 saturated carbocycles. The van der Waals surface area contributed by atoms with Gasteiger partial charge >= 0.3 is 0 Å². The lowest BCUT2D eigenvalue weighted by Crippen LogP contribution is -2.60. The van der Waals surface area contributed by atoms with Crippen molar-refractivity contribution in [3.8, 4) is 0 Å². The summed E-state index contributed by atoms with van der Waals surface area (Å²) >= 11 is 0. The minimum absolute atomic E-state index is 0.179. The van der Waals surface area contributed by atoms with Gasteiger partial charge in [0.15, 0.2) is 6.29 Å². The average molecular weight is 1200 g/mol. The normalized spacial score (nSPS) is 18.8. The van der Waals surface area contributed by atoms with Gasteiger partial charge in [0.25, 0.3) is 0 Å². The highest BCUT2D eigenvalue weighted by Crippen LogP contribution is 2.23. The van der Waals surface area contributed by atoms with E-state index < -0.39 is 49.5 Å². The van der Waals surface area contributed by atoms with E-state index in [1.165, 1.54) is 186 Å². The Bertz CT molecular complexity index is 1780. The number of aliphatic hydroxyl groups is 5. The lowest BCUT2D eigenvalue weighted by atomic mass is 9.99. The number of unbranched alkanes of at least 4 members (excludes halogenated alkanes) is 33. The molecule has 7 unspecified atom stereocenters. The van der Waals surface area contributed by atoms with Crippen molar-refractivity contribution >= 4 is 5.91 Å². The second kappa shape index (κ2) is 64.6. The van der Waals surface area contributed by atoms with Gasteiger partial charge in [-0.1, -0.05) is 328 Å². The number of carbonyl (C=O) groups is 1. The summed E-state index contributed by atoms with van der Waals surface area (Å²) in [6.45, 7) is 3.69. The summed E-state index contributed by atoms with van der Waals surface area (Å²) in [5.74, 6) is -0.179. The topological polar surface area (TPSA) is 149 Å². The van der Waals surface area contributed by atoms with Crippen molar-refractivity contribution in [1.82, 2.24) is 5.32 Å². The van der Waals surface area contributed by atoms with Crippen LogP contribution in [0.15, 0.2) is 122 Å². The summed E-state index contributed by atoms with van der Waals surface area (Å²) in [6, 6.07) is -0.813. The van der Waals surface area contributed by atoms with Gasteiger partial charge in [-0.25, -0.2) is 0 Å². The molecule has 0 aromatic heterocycles. The molecule has 9 nitrogen and oxygen atoms in total. The van der Waals surface area contributed by atoms with Crippen molar-refractivity contribution in [2.24, 2.45) is 0 Å². The maximum Gasteiger partial charge on any atom is 0.220 e. The van der Waals surface area contributed by atoms with E-state index in [1.54, 1.807) is 6.08 Å². The molecule has 1 aliphatic rings. The van der Waals surface area contributed by atoms with Gasteiger partial charge in [0.05, 0.1) is 25.4 Å². The summed E-state index contributed by atoms with van der Waals surface area (Å²) in [4.78, 5) is 13.1. The first-order valence-electron chi connectivity index (χ1n) is 35.8. The van der Waals surface area contributed by atoms with Gasteiger partial charge in [-0.2, -0.15) is 0 Å². The fourth-order valence-electron chi connectivity index (χ4n) is 10.7. The number of aliphatic hydroxyl groups excluding tert-OH is 5. The highest BCUT2D eigenvalue weighted by Gasteiger charge is 2.44. The van der Waals surface area contributed by atoms with Gasteiger partial charge in [0.2, 0.25) is 5.91 Å². The Kier molecular flexibility index (Phi) is 60.5. The van der Waals surface area contributed by atoms with E-state index in [4.69, 9.17) is 9.47 Å². The van der Waals surface area contributed by atoms with Crippen LogP contribution >= 0.6 is 0 Å². The maximum absolute atomic E-state index is 13.1. The highest BCUT2D eigenvalue weighted by molar-refractivity contribution is 5.76. The van der Waals surface area contributed by atoms with Crippen molar-refractivity contribution in [2.75, 3.05) is 13.2 Å². The fourth-order valence-corrected chi connectivity index (χ4v) is 10.7. The summed E-state index contributed by atoms with van der Waals surface area (Å²) in [5.41, 5.74) is 0. The van der Waals surface area contributed by atoms with Gasteiger partial charge in [0.1, 0.15) is 24.4 Å². The molecule has 0 aliphatic carbocycles. The van der Waals surface area contributed by atoms with Gasteiger partial charge in [-0.05, 0) is 89.9 Å². The zero-order valence-corrected chi connectivity index (χ0v) is 55.3. The molecule has 1 rings (SSSR count). The van der Waals surface area contributed by atoms with Crippen molar-refractivity contribution in [3.05, 3.63) is 122 Å². The Morgan fingerprint density at radius 3 is 1.07 bits per heavy atom. The van der Waals surface area contributed by atoms with E-state index in [1.807, 2.05) is 6.08 Å². The number of nitrogens with one attached hydrogen (secondary N) is 1. The van der Waals surface area contributed by atoms with Crippen LogP contribution in [-0.2, 0) is 14.3 Å². The highest BCUT2D eigenvalue weighted by atomic mass is 16.7. The van der Waals surface area contributed by atoms with Crippen LogP contribution in [0, 0.1) is 0 Å². The second-order valence-electron chi connectivity index (χ2n) is 24.3. The Balaban J connectivity index is 2.12. The van der Waals surface area contributed by atoms with Crippen LogP contribution in [0.25, 0.3) is 0 Å². The fraction of sp³-hybridized carbons (Fsp3) is 0.727. The third kappa shape index (κ3) is 52.5. The molecule has 0 radical (unpaired) electrons. The Morgan fingerprint density at radius 1 is 0.407 bits per heavy atom. The molecule has 0 bridgehead atoms. The molecule has 1 amide bonds. The van der Waals surface area contributed by atoms with E-state index >= 15 is 0 Å². The van der Waals surface area contributed by atoms with Crippen molar-refractivity contribution in [2.45, 2.75) is 346 Å². The zero-order valence-electron chi connectivity index (χ0n) is 55.3. The maximum atomic E-state index is 13.1. The molecule has 7 atom stereocenters. The molecule has 1 saturated heterocycles. The lowest BCUT2D eigenvalue weighted by Gasteiger charge is -2.40. The van der Waals surface area contributed by atoms with Crippen LogP contribution in [-0.4, -0.2) is 87.5 Å². The average Bonchev–Trinajstić information content (AvgIpc) is 2.36. The molecule has 1 aliphatic heterocycles. The second-order valence-corrected chi connectivity index (χ2v) is 24.3. The number of ether oxygens (including phenoxy) is 2. The molecular weight excluding hydrogens is 1070 g/mol. The summed E-state index contributed by atoms with van der Waals surface area (Å²) in [5, 5.41) is 54.8. The van der Waals surface area contributed by atoms with Crippen LogP contribution in [0.4, 0.5) is 0 Å². The lowest BCUT2D eigenvalue weighted by molar-refractivity contribution is -0.302. The Morgan fingerprint density at radius 2 is 0.721 bits per heavy atom. The molecule has 86 heavy (non-hydrogen) atoms. The summed E-state index contributed by atoms with van der Waals surface area (Å²) in [6.07, 6.45) is 90.1. The molecule has 1 fully saturated rings.